The molecule has 0 amide bonds. The number of allylic oxidation sites excluding steroid dienone is 1. The average Bonchev–Trinajstić information content (AvgIpc) is 2.19. The van der Waals surface area contributed by atoms with Crippen LogP contribution >= 0.6 is 0 Å². The van der Waals surface area contributed by atoms with Crippen LogP contribution in [-0.4, -0.2) is 6.29 Å². The minimum absolute atomic E-state index is 0.421. The fourth-order valence-corrected chi connectivity index (χ4v) is 1.47. The molecule has 0 saturated carbocycles. The van der Waals surface area contributed by atoms with E-state index < -0.39 is 5.41 Å². The zero-order chi connectivity index (χ0) is 10.6. The van der Waals surface area contributed by atoms with E-state index in [1.807, 2.05) is 38.1 Å². The number of carbonyl (C=O) groups excluding carboxylic acids is 1. The summed E-state index contributed by atoms with van der Waals surface area (Å²) in [6.07, 6.45) is 3.47. The van der Waals surface area contributed by atoms with Crippen LogP contribution in [0.4, 0.5) is 0 Å². The Morgan fingerprint density at radius 2 is 1.93 bits per heavy atom. The van der Waals surface area contributed by atoms with Gasteiger partial charge in [0.25, 0.3) is 0 Å². The molecule has 0 aromatic heterocycles. The molecule has 0 N–H and O–H groups in total. The van der Waals surface area contributed by atoms with E-state index >= 15 is 0 Å². The van der Waals surface area contributed by atoms with Gasteiger partial charge in [0.2, 0.25) is 0 Å². The number of aldehydes is 1. The molecule has 1 nitrogen and oxygen atoms in total. The summed E-state index contributed by atoms with van der Waals surface area (Å²) >= 11 is 0. The highest BCUT2D eigenvalue weighted by molar-refractivity contribution is 5.68. The van der Waals surface area contributed by atoms with Gasteiger partial charge in [0.15, 0.2) is 0 Å². The van der Waals surface area contributed by atoms with Crippen LogP contribution in [0.2, 0.25) is 0 Å². The molecular weight excluding hydrogens is 172 g/mol. The molecule has 0 aliphatic carbocycles. The quantitative estimate of drug-likeness (QED) is 0.524. The third-order valence-electron chi connectivity index (χ3n) is 2.54. The van der Waals surface area contributed by atoms with Crippen LogP contribution in [0.1, 0.15) is 24.5 Å². The summed E-state index contributed by atoms with van der Waals surface area (Å²) < 4.78 is 0. The van der Waals surface area contributed by atoms with Crippen LogP contribution in [0.3, 0.4) is 0 Å². The molecule has 1 rings (SSSR count). The normalized spacial score (nSPS) is 14.4. The monoisotopic (exact) mass is 188 g/mol. The van der Waals surface area contributed by atoms with E-state index in [4.69, 9.17) is 0 Å². The molecular formula is C13H16O. The first kappa shape index (κ1) is 10.7. The van der Waals surface area contributed by atoms with Crippen molar-refractivity contribution in [3.8, 4) is 0 Å². The van der Waals surface area contributed by atoms with Crippen molar-refractivity contribution >= 4 is 6.29 Å². The van der Waals surface area contributed by atoms with Gasteiger partial charge in [-0.05, 0) is 25.8 Å². The van der Waals surface area contributed by atoms with Crippen molar-refractivity contribution in [2.45, 2.75) is 25.7 Å². The Bertz CT molecular complexity index is 324. The third kappa shape index (κ3) is 2.11. The van der Waals surface area contributed by atoms with E-state index in [1.165, 1.54) is 5.56 Å². The number of hydrogen-bond acceptors (Lipinski definition) is 1. The Hall–Kier alpha value is -1.37. The van der Waals surface area contributed by atoms with Crippen molar-refractivity contribution in [3.63, 3.8) is 0 Å². The van der Waals surface area contributed by atoms with Gasteiger partial charge in [0.05, 0.1) is 5.41 Å². The molecule has 0 unspecified atom stereocenters. The number of rotatable bonds is 4. The maximum Gasteiger partial charge on any atom is 0.130 e. The molecule has 0 bridgehead atoms. The molecule has 0 saturated heterocycles. The first-order chi connectivity index (χ1) is 6.62. The summed E-state index contributed by atoms with van der Waals surface area (Å²) in [6, 6.07) is 8.07. The maximum atomic E-state index is 11.1. The number of carbonyl (C=O) groups is 1. The van der Waals surface area contributed by atoms with Crippen molar-refractivity contribution in [1.29, 1.82) is 0 Å². The minimum Gasteiger partial charge on any atom is -0.302 e. The summed E-state index contributed by atoms with van der Waals surface area (Å²) in [5.41, 5.74) is 1.84. The van der Waals surface area contributed by atoms with Gasteiger partial charge in [-0.1, -0.05) is 35.9 Å². The zero-order valence-corrected chi connectivity index (χ0v) is 8.79. The van der Waals surface area contributed by atoms with Crippen molar-refractivity contribution in [2.75, 3.05) is 0 Å². The predicted molar refractivity (Wildman–Crippen MR) is 59.4 cm³/mol. The molecule has 14 heavy (non-hydrogen) atoms. The molecule has 0 spiro atoms. The number of hydrogen-bond donors (Lipinski definition) is 0. The Kier molecular flexibility index (Phi) is 3.23. The molecule has 0 aliphatic heterocycles. The minimum atomic E-state index is -0.421. The highest BCUT2D eigenvalue weighted by Gasteiger charge is 2.23. The summed E-state index contributed by atoms with van der Waals surface area (Å²) in [5, 5.41) is 0. The lowest BCUT2D eigenvalue weighted by molar-refractivity contribution is -0.112. The number of aryl methyl sites for hydroxylation is 1. The Morgan fingerprint density at radius 3 is 2.36 bits per heavy atom. The zero-order valence-electron chi connectivity index (χ0n) is 8.79. The van der Waals surface area contributed by atoms with Gasteiger partial charge in [0.1, 0.15) is 6.29 Å². The van der Waals surface area contributed by atoms with E-state index in [-0.39, 0.29) is 0 Å². The predicted octanol–water partition coefficient (Wildman–Crippen LogP) is 3.03. The van der Waals surface area contributed by atoms with E-state index in [2.05, 4.69) is 6.58 Å². The highest BCUT2D eigenvalue weighted by atomic mass is 16.1. The molecule has 1 aromatic carbocycles. The van der Waals surface area contributed by atoms with Crippen LogP contribution in [0, 0.1) is 6.92 Å². The molecule has 0 fully saturated rings. The lowest BCUT2D eigenvalue weighted by atomic mass is 9.81. The first-order valence-electron chi connectivity index (χ1n) is 4.77. The number of benzene rings is 1. The lowest BCUT2D eigenvalue weighted by Crippen LogP contribution is -2.22. The van der Waals surface area contributed by atoms with Crippen LogP contribution in [0.15, 0.2) is 36.9 Å². The van der Waals surface area contributed by atoms with E-state index in [1.54, 1.807) is 6.08 Å². The lowest BCUT2D eigenvalue weighted by Gasteiger charge is -2.21. The Morgan fingerprint density at radius 1 is 1.36 bits per heavy atom. The average molecular weight is 188 g/mol. The molecule has 0 radical (unpaired) electrons. The van der Waals surface area contributed by atoms with Crippen molar-refractivity contribution < 1.29 is 4.79 Å². The smallest absolute Gasteiger partial charge is 0.130 e. The largest absolute Gasteiger partial charge is 0.302 e. The van der Waals surface area contributed by atoms with Gasteiger partial charge in [-0.2, -0.15) is 0 Å². The topological polar surface area (TPSA) is 17.1 Å². The van der Waals surface area contributed by atoms with Gasteiger partial charge >= 0.3 is 0 Å². The van der Waals surface area contributed by atoms with Crippen LogP contribution < -0.4 is 0 Å². The summed E-state index contributed by atoms with van der Waals surface area (Å²) in [4.78, 5) is 11.1. The SMILES string of the molecule is C=CC[C@](C)(C=O)c1ccc(C)cc1. The van der Waals surface area contributed by atoms with Crippen molar-refractivity contribution in [3.05, 3.63) is 48.0 Å². The van der Waals surface area contributed by atoms with Crippen molar-refractivity contribution in [1.82, 2.24) is 0 Å². The molecule has 1 atom stereocenters. The second-order valence-corrected chi connectivity index (χ2v) is 3.89. The van der Waals surface area contributed by atoms with Gasteiger partial charge < -0.3 is 4.79 Å². The third-order valence-corrected chi connectivity index (χ3v) is 2.54. The van der Waals surface area contributed by atoms with Gasteiger partial charge in [-0.3, -0.25) is 0 Å². The van der Waals surface area contributed by atoms with E-state index in [9.17, 15) is 4.79 Å². The fraction of sp³-hybridized carbons (Fsp3) is 0.308. The fourth-order valence-electron chi connectivity index (χ4n) is 1.47. The maximum absolute atomic E-state index is 11.1. The summed E-state index contributed by atoms with van der Waals surface area (Å²) in [7, 11) is 0. The van der Waals surface area contributed by atoms with Gasteiger partial charge in [-0.25, -0.2) is 0 Å². The van der Waals surface area contributed by atoms with E-state index in [0.717, 1.165) is 11.8 Å². The van der Waals surface area contributed by atoms with Crippen LogP contribution in [-0.2, 0) is 10.2 Å². The molecule has 1 aromatic rings. The summed E-state index contributed by atoms with van der Waals surface area (Å²) in [6.45, 7) is 7.65. The Balaban J connectivity index is 3.05. The summed E-state index contributed by atoms with van der Waals surface area (Å²) in [5.74, 6) is 0. The second kappa shape index (κ2) is 4.23. The van der Waals surface area contributed by atoms with E-state index in [0.29, 0.717) is 6.42 Å². The standard InChI is InChI=1S/C13H16O/c1-4-9-13(3,10-14)12-7-5-11(2)6-8-12/h4-8,10H,1,9H2,2-3H3/t13-/m1/s1. The van der Waals surface area contributed by atoms with Crippen LogP contribution in [0.25, 0.3) is 0 Å². The second-order valence-electron chi connectivity index (χ2n) is 3.89. The first-order valence-corrected chi connectivity index (χ1v) is 4.77. The highest BCUT2D eigenvalue weighted by Crippen LogP contribution is 2.25. The molecule has 0 aliphatic rings. The van der Waals surface area contributed by atoms with Gasteiger partial charge in [-0.15, -0.1) is 6.58 Å². The molecule has 0 heterocycles. The van der Waals surface area contributed by atoms with Crippen LogP contribution in [0.5, 0.6) is 0 Å². The van der Waals surface area contributed by atoms with Crippen molar-refractivity contribution in [2.24, 2.45) is 0 Å². The molecule has 1 heteroatoms. The Labute approximate surface area is 85.5 Å². The molecule has 74 valence electrons. The van der Waals surface area contributed by atoms with Gasteiger partial charge in [0, 0.05) is 0 Å².